The molecule has 0 aromatic heterocycles. The van der Waals surface area contributed by atoms with Crippen LogP contribution in [0.5, 0.6) is 0 Å². The van der Waals surface area contributed by atoms with Crippen molar-refractivity contribution < 1.29 is 9.53 Å². The quantitative estimate of drug-likeness (QED) is 0.609. The number of benzene rings is 1. The summed E-state index contributed by atoms with van der Waals surface area (Å²) in [5, 5.41) is 0. The van der Waals surface area contributed by atoms with E-state index in [1.807, 2.05) is 30.3 Å². The summed E-state index contributed by atoms with van der Waals surface area (Å²) in [5.41, 5.74) is 1.04. The number of hydrogen-bond donors (Lipinski definition) is 0. The van der Waals surface area contributed by atoms with Gasteiger partial charge in [0, 0.05) is 0 Å². The van der Waals surface area contributed by atoms with E-state index in [9.17, 15) is 4.79 Å². The summed E-state index contributed by atoms with van der Waals surface area (Å²) in [6.07, 6.45) is 0. The first kappa shape index (κ1) is 8.78. The molecule has 0 saturated carbocycles. The van der Waals surface area contributed by atoms with E-state index in [0.29, 0.717) is 34.5 Å². The minimum atomic E-state index is -0.103. The first-order valence-electron chi connectivity index (χ1n) is 3.46. The number of carbonyl (C=O) groups excluding carboxylic acids is 1. The molecule has 0 N–H and O–H groups in total. The van der Waals surface area contributed by atoms with E-state index in [2.05, 4.69) is 0 Å². The maximum absolute atomic E-state index is 10.5. The Labute approximate surface area is 83.0 Å². The van der Waals surface area contributed by atoms with Gasteiger partial charge in [0.15, 0.2) is 0 Å². The maximum atomic E-state index is 10.5. The molecule has 11 heavy (non-hydrogen) atoms. The molecule has 0 fully saturated rings. The van der Waals surface area contributed by atoms with E-state index in [1.54, 1.807) is 0 Å². The molecule has 1 aromatic rings. The van der Waals surface area contributed by atoms with Crippen LogP contribution < -0.4 is 0 Å². The Bertz CT molecular complexity index is 233. The topological polar surface area (TPSA) is 26.3 Å². The molecule has 0 aliphatic heterocycles. The molecule has 0 saturated heterocycles. The summed E-state index contributed by atoms with van der Waals surface area (Å²) in [4.78, 5) is 10.5. The number of ether oxygens (including phenoxy) is 1. The van der Waals surface area contributed by atoms with Crippen molar-refractivity contribution in [2.24, 2.45) is 0 Å². The zero-order chi connectivity index (χ0) is 8.10. The van der Waals surface area contributed by atoms with Crippen LogP contribution in [0.4, 0.5) is 4.79 Å². The van der Waals surface area contributed by atoms with Gasteiger partial charge in [0.25, 0.3) is 0 Å². The molecule has 1 aromatic carbocycles. The summed E-state index contributed by atoms with van der Waals surface area (Å²) >= 11 is 0.469. The van der Waals surface area contributed by atoms with Crippen LogP contribution in [-0.4, -0.2) is 31.1 Å². The Balaban J connectivity index is 2.45. The molecule has 0 spiro atoms. The van der Waals surface area contributed by atoms with E-state index in [0.717, 1.165) is 5.56 Å². The van der Waals surface area contributed by atoms with Crippen molar-refractivity contribution in [2.75, 3.05) is 0 Å². The van der Waals surface area contributed by atoms with Gasteiger partial charge in [-0.3, -0.25) is 0 Å². The third-order valence-electron chi connectivity index (χ3n) is 1.28. The molecule has 3 heteroatoms. The van der Waals surface area contributed by atoms with Gasteiger partial charge in [-0.1, -0.05) is 0 Å². The monoisotopic (exact) mass is 158 g/mol. The summed E-state index contributed by atoms with van der Waals surface area (Å²) in [5.74, 6) is 0. The molecule has 0 aliphatic carbocycles. The van der Waals surface area contributed by atoms with Gasteiger partial charge in [0.1, 0.15) is 0 Å². The van der Waals surface area contributed by atoms with Gasteiger partial charge in [-0.05, 0) is 0 Å². The standard InChI is InChI=1S/C8H7O2.Na/c9-7-10-6-8-4-2-1-3-5-8;/h1-5H,6H2;. The van der Waals surface area contributed by atoms with E-state index in [4.69, 9.17) is 4.74 Å². The Kier molecular flexibility index (Phi) is 3.63. The van der Waals surface area contributed by atoms with Crippen LogP contribution >= 0.6 is 0 Å². The Morgan fingerprint density at radius 3 is 2.55 bits per heavy atom. The van der Waals surface area contributed by atoms with Gasteiger partial charge >= 0.3 is 83.2 Å². The van der Waals surface area contributed by atoms with Crippen LogP contribution in [0.15, 0.2) is 30.3 Å². The second-order valence-corrected chi connectivity index (χ2v) is 3.08. The van der Waals surface area contributed by atoms with Crippen molar-refractivity contribution in [3.8, 4) is 0 Å². The van der Waals surface area contributed by atoms with Gasteiger partial charge in [-0.15, -0.1) is 0 Å². The summed E-state index contributed by atoms with van der Waals surface area (Å²) in [7, 11) is 0. The fraction of sp³-hybridized carbons (Fsp3) is 0.125. The molecule has 0 bridgehead atoms. The van der Waals surface area contributed by atoms with Gasteiger partial charge < -0.3 is 0 Å². The SMILES string of the molecule is O=[C]([Na])OCc1ccccc1. The second kappa shape index (κ2) is 4.54. The van der Waals surface area contributed by atoms with Crippen LogP contribution in [0.3, 0.4) is 0 Å². The van der Waals surface area contributed by atoms with E-state index in [-0.39, 0.29) is 3.22 Å². The van der Waals surface area contributed by atoms with E-state index < -0.39 is 0 Å². The second-order valence-electron chi connectivity index (χ2n) is 2.27. The zero-order valence-corrected chi connectivity index (χ0v) is 8.41. The molecule has 0 aliphatic rings. The molecule has 0 radical (unpaired) electrons. The normalized spacial score (nSPS) is 9.27. The van der Waals surface area contributed by atoms with Crippen LogP contribution in [0.25, 0.3) is 0 Å². The van der Waals surface area contributed by atoms with Crippen molar-refractivity contribution in [2.45, 2.75) is 6.61 Å². The molecule has 0 heterocycles. The zero-order valence-electron chi connectivity index (χ0n) is 6.41. The predicted octanol–water partition coefficient (Wildman–Crippen LogP) is 1.49. The van der Waals surface area contributed by atoms with Gasteiger partial charge in [0.2, 0.25) is 0 Å². The average molecular weight is 158 g/mol. The summed E-state index contributed by atoms with van der Waals surface area (Å²) in [6.45, 7) is 0.406. The molecule has 0 unspecified atom stereocenters. The van der Waals surface area contributed by atoms with Crippen LogP contribution in [-0.2, 0) is 11.3 Å². The van der Waals surface area contributed by atoms with Gasteiger partial charge in [-0.2, -0.15) is 0 Å². The Morgan fingerprint density at radius 2 is 2.00 bits per heavy atom. The molecular formula is C8H7NaO2. The molecule has 52 valence electrons. The third kappa shape index (κ3) is 3.56. The van der Waals surface area contributed by atoms with Crippen molar-refractivity contribution in [3.05, 3.63) is 35.9 Å². The Hall–Kier alpha value is -0.310. The number of hydrogen-bond acceptors (Lipinski definition) is 2. The predicted molar refractivity (Wildman–Crippen MR) is 42.4 cm³/mol. The fourth-order valence-corrected chi connectivity index (χ4v) is 0.904. The molecule has 0 atom stereocenters. The van der Waals surface area contributed by atoms with Crippen LogP contribution in [0.1, 0.15) is 5.56 Å². The van der Waals surface area contributed by atoms with Crippen LogP contribution in [0, 0.1) is 0 Å². The van der Waals surface area contributed by atoms with E-state index >= 15 is 0 Å². The first-order valence-corrected chi connectivity index (χ1v) is 4.46. The van der Waals surface area contributed by atoms with E-state index in [1.165, 1.54) is 0 Å². The third-order valence-corrected chi connectivity index (χ3v) is 1.57. The first-order chi connectivity index (χ1) is 5.29. The molecule has 2 nitrogen and oxygen atoms in total. The number of carbonyl (C=O) groups is 1. The molecular weight excluding hydrogens is 151 g/mol. The van der Waals surface area contributed by atoms with Crippen molar-refractivity contribution in [1.29, 1.82) is 0 Å². The van der Waals surface area contributed by atoms with Crippen molar-refractivity contribution in [1.82, 2.24) is 0 Å². The summed E-state index contributed by atoms with van der Waals surface area (Å²) < 4.78 is 4.75. The average Bonchev–Trinajstić information content (AvgIpc) is 2.03. The Morgan fingerprint density at radius 1 is 1.36 bits per heavy atom. The van der Waals surface area contributed by atoms with Crippen molar-refractivity contribution in [3.63, 3.8) is 0 Å². The summed E-state index contributed by atoms with van der Waals surface area (Å²) in [6, 6.07) is 9.66. The molecule has 0 amide bonds. The molecule has 1 rings (SSSR count). The fourth-order valence-electron chi connectivity index (χ4n) is 0.759. The van der Waals surface area contributed by atoms with Crippen molar-refractivity contribution >= 4 is 31.1 Å². The van der Waals surface area contributed by atoms with Crippen LogP contribution in [0.2, 0.25) is 0 Å². The van der Waals surface area contributed by atoms with Gasteiger partial charge in [-0.25, -0.2) is 0 Å². The van der Waals surface area contributed by atoms with Gasteiger partial charge in [0.05, 0.1) is 0 Å². The minimum absolute atomic E-state index is 0.103. The number of rotatable bonds is 2.